The van der Waals surface area contributed by atoms with Crippen LogP contribution in [0.1, 0.15) is 39.0 Å². The Morgan fingerprint density at radius 3 is 2.67 bits per heavy atom. The summed E-state index contributed by atoms with van der Waals surface area (Å²) in [6.45, 7) is 7.13. The quantitative estimate of drug-likeness (QED) is 0.640. The average Bonchev–Trinajstić information content (AvgIpc) is 2.51. The van der Waals surface area contributed by atoms with Crippen molar-refractivity contribution in [2.24, 2.45) is 17.6 Å². The second-order valence-corrected chi connectivity index (χ2v) is 3.99. The molecule has 12 heavy (non-hydrogen) atoms. The Kier molecular flexibility index (Phi) is 3.80. The maximum Gasteiger partial charge on any atom is -0.00461 e. The summed E-state index contributed by atoms with van der Waals surface area (Å²) in [5.41, 5.74) is 7.11. The lowest BCUT2D eigenvalue weighted by molar-refractivity contribution is 0.391. The van der Waals surface area contributed by atoms with E-state index in [-0.39, 0.29) is 0 Å². The molecule has 0 bridgehead atoms. The highest BCUT2D eigenvalue weighted by Crippen LogP contribution is 2.35. The number of allylic oxidation sites excluding steroid dienone is 1. The zero-order valence-corrected chi connectivity index (χ0v) is 8.18. The third-order valence-electron chi connectivity index (χ3n) is 3.17. The monoisotopic (exact) mass is 167 g/mol. The van der Waals surface area contributed by atoms with E-state index in [0.29, 0.717) is 0 Å². The van der Waals surface area contributed by atoms with E-state index in [1.54, 1.807) is 0 Å². The van der Waals surface area contributed by atoms with Crippen molar-refractivity contribution in [2.45, 2.75) is 39.0 Å². The standard InChI is InChI=1S/C11H21N/c1-3-9(2)7-10-5-4-6-11(10)8-12/h10-11H,2-8,12H2,1H3. The zero-order chi connectivity index (χ0) is 8.97. The molecule has 0 aromatic heterocycles. The van der Waals surface area contributed by atoms with Gasteiger partial charge in [0.1, 0.15) is 0 Å². The normalized spacial score (nSPS) is 29.2. The first kappa shape index (κ1) is 9.79. The van der Waals surface area contributed by atoms with Crippen molar-refractivity contribution in [3.05, 3.63) is 12.2 Å². The molecule has 0 aromatic carbocycles. The zero-order valence-electron chi connectivity index (χ0n) is 8.18. The fourth-order valence-electron chi connectivity index (χ4n) is 2.21. The third kappa shape index (κ3) is 2.34. The van der Waals surface area contributed by atoms with Crippen molar-refractivity contribution in [2.75, 3.05) is 6.54 Å². The minimum Gasteiger partial charge on any atom is -0.330 e. The van der Waals surface area contributed by atoms with Crippen molar-refractivity contribution >= 4 is 0 Å². The first-order valence-corrected chi connectivity index (χ1v) is 5.14. The largest absolute Gasteiger partial charge is 0.330 e. The van der Waals surface area contributed by atoms with Gasteiger partial charge in [-0.3, -0.25) is 0 Å². The predicted octanol–water partition coefficient (Wildman–Crippen LogP) is 2.72. The molecule has 1 heteroatoms. The Bertz CT molecular complexity index is 151. The number of hydrogen-bond acceptors (Lipinski definition) is 1. The summed E-state index contributed by atoms with van der Waals surface area (Å²) in [5.74, 6) is 1.63. The van der Waals surface area contributed by atoms with Gasteiger partial charge in [0, 0.05) is 0 Å². The van der Waals surface area contributed by atoms with Crippen molar-refractivity contribution in [1.29, 1.82) is 0 Å². The molecule has 0 heterocycles. The van der Waals surface area contributed by atoms with E-state index in [9.17, 15) is 0 Å². The van der Waals surface area contributed by atoms with Crippen LogP contribution in [-0.2, 0) is 0 Å². The molecule has 0 aliphatic heterocycles. The Morgan fingerprint density at radius 1 is 1.42 bits per heavy atom. The summed E-state index contributed by atoms with van der Waals surface area (Å²) in [4.78, 5) is 0. The molecular formula is C11H21N. The number of nitrogens with two attached hydrogens (primary N) is 1. The van der Waals surface area contributed by atoms with Gasteiger partial charge in [-0.2, -0.15) is 0 Å². The minimum absolute atomic E-state index is 0.785. The highest BCUT2D eigenvalue weighted by atomic mass is 14.6. The molecular weight excluding hydrogens is 146 g/mol. The Hall–Kier alpha value is -0.300. The maximum atomic E-state index is 5.71. The van der Waals surface area contributed by atoms with E-state index >= 15 is 0 Å². The van der Waals surface area contributed by atoms with Gasteiger partial charge in [0.2, 0.25) is 0 Å². The van der Waals surface area contributed by atoms with Gasteiger partial charge >= 0.3 is 0 Å². The van der Waals surface area contributed by atoms with Crippen LogP contribution in [0, 0.1) is 11.8 Å². The fourth-order valence-corrected chi connectivity index (χ4v) is 2.21. The molecule has 2 N–H and O–H groups in total. The van der Waals surface area contributed by atoms with Crippen LogP contribution in [-0.4, -0.2) is 6.54 Å². The molecule has 0 amide bonds. The fraction of sp³-hybridized carbons (Fsp3) is 0.818. The minimum atomic E-state index is 0.785. The molecule has 1 nitrogen and oxygen atoms in total. The second-order valence-electron chi connectivity index (χ2n) is 3.99. The topological polar surface area (TPSA) is 26.0 Å². The SMILES string of the molecule is C=C(CC)CC1CCCC1CN. The van der Waals surface area contributed by atoms with Crippen LogP contribution >= 0.6 is 0 Å². The molecule has 1 fully saturated rings. The molecule has 2 atom stereocenters. The van der Waals surface area contributed by atoms with Gasteiger partial charge in [0.05, 0.1) is 0 Å². The average molecular weight is 167 g/mol. The smallest absolute Gasteiger partial charge is 0.00461 e. The van der Waals surface area contributed by atoms with Crippen LogP contribution in [0.25, 0.3) is 0 Å². The van der Waals surface area contributed by atoms with Crippen LogP contribution in [0.4, 0.5) is 0 Å². The van der Waals surface area contributed by atoms with Crippen molar-refractivity contribution < 1.29 is 0 Å². The second kappa shape index (κ2) is 4.66. The van der Waals surface area contributed by atoms with Crippen molar-refractivity contribution in [3.63, 3.8) is 0 Å². The van der Waals surface area contributed by atoms with Gasteiger partial charge in [-0.05, 0) is 44.1 Å². The number of hydrogen-bond donors (Lipinski definition) is 1. The summed E-state index contributed by atoms with van der Waals surface area (Å²) in [6, 6.07) is 0. The summed E-state index contributed by atoms with van der Waals surface area (Å²) in [6.07, 6.45) is 6.45. The van der Waals surface area contributed by atoms with Crippen LogP contribution in [0.5, 0.6) is 0 Å². The van der Waals surface area contributed by atoms with E-state index in [0.717, 1.165) is 24.8 Å². The third-order valence-corrected chi connectivity index (χ3v) is 3.17. The number of rotatable bonds is 4. The van der Waals surface area contributed by atoms with Crippen molar-refractivity contribution in [3.8, 4) is 0 Å². The van der Waals surface area contributed by atoms with Gasteiger partial charge in [-0.1, -0.05) is 25.5 Å². The summed E-state index contributed by atoms with van der Waals surface area (Å²) in [7, 11) is 0. The maximum absolute atomic E-state index is 5.71. The van der Waals surface area contributed by atoms with E-state index in [4.69, 9.17) is 5.73 Å². The molecule has 1 aliphatic rings. The highest BCUT2D eigenvalue weighted by Gasteiger charge is 2.25. The van der Waals surface area contributed by atoms with Crippen LogP contribution in [0.15, 0.2) is 12.2 Å². The predicted molar refractivity (Wildman–Crippen MR) is 53.9 cm³/mol. The molecule has 0 saturated heterocycles. The molecule has 0 radical (unpaired) electrons. The van der Waals surface area contributed by atoms with Gasteiger partial charge in [-0.25, -0.2) is 0 Å². The summed E-state index contributed by atoms with van der Waals surface area (Å²) >= 11 is 0. The Morgan fingerprint density at radius 2 is 2.08 bits per heavy atom. The van der Waals surface area contributed by atoms with E-state index in [1.807, 2.05) is 0 Å². The van der Waals surface area contributed by atoms with Crippen LogP contribution < -0.4 is 5.73 Å². The molecule has 0 aromatic rings. The molecule has 0 spiro atoms. The first-order chi connectivity index (χ1) is 5.77. The summed E-state index contributed by atoms with van der Waals surface area (Å²) in [5, 5.41) is 0. The Labute approximate surface area is 76.0 Å². The molecule has 70 valence electrons. The van der Waals surface area contributed by atoms with Crippen molar-refractivity contribution in [1.82, 2.24) is 0 Å². The van der Waals surface area contributed by atoms with Gasteiger partial charge in [0.15, 0.2) is 0 Å². The lowest BCUT2D eigenvalue weighted by Crippen LogP contribution is -2.18. The van der Waals surface area contributed by atoms with E-state index in [1.165, 1.54) is 31.3 Å². The molecule has 2 unspecified atom stereocenters. The molecule has 1 saturated carbocycles. The summed E-state index contributed by atoms with van der Waals surface area (Å²) < 4.78 is 0. The van der Waals surface area contributed by atoms with Gasteiger partial charge in [-0.15, -0.1) is 0 Å². The first-order valence-electron chi connectivity index (χ1n) is 5.14. The van der Waals surface area contributed by atoms with Crippen LogP contribution in [0.3, 0.4) is 0 Å². The Balaban J connectivity index is 2.35. The lowest BCUT2D eigenvalue weighted by atomic mass is 9.89. The van der Waals surface area contributed by atoms with Crippen LogP contribution in [0.2, 0.25) is 0 Å². The van der Waals surface area contributed by atoms with Gasteiger partial charge in [0.25, 0.3) is 0 Å². The van der Waals surface area contributed by atoms with E-state index < -0.39 is 0 Å². The highest BCUT2D eigenvalue weighted by molar-refractivity contribution is 4.97. The molecule has 1 rings (SSSR count). The molecule has 1 aliphatic carbocycles. The lowest BCUT2D eigenvalue weighted by Gasteiger charge is -2.18. The van der Waals surface area contributed by atoms with E-state index in [2.05, 4.69) is 13.5 Å². The van der Waals surface area contributed by atoms with Gasteiger partial charge < -0.3 is 5.73 Å².